The van der Waals surface area contributed by atoms with Gasteiger partial charge in [0.2, 0.25) is 0 Å². The summed E-state index contributed by atoms with van der Waals surface area (Å²) in [6.07, 6.45) is 5.83. The highest BCUT2D eigenvalue weighted by molar-refractivity contribution is 5.32. The maximum absolute atomic E-state index is 13.1. The monoisotopic (exact) mass is 350 g/mol. The number of nitrogens with zero attached hydrogens (tertiary/aromatic N) is 4. The van der Waals surface area contributed by atoms with E-state index in [1.807, 2.05) is 4.57 Å². The van der Waals surface area contributed by atoms with Crippen LogP contribution in [0, 0.1) is 11.7 Å². The highest BCUT2D eigenvalue weighted by atomic mass is 19.1. The summed E-state index contributed by atoms with van der Waals surface area (Å²) in [5.74, 6) is 0.858. The minimum Gasteiger partial charge on any atom is -0.493 e. The zero-order valence-electron chi connectivity index (χ0n) is 14.0. The van der Waals surface area contributed by atoms with Crippen LogP contribution in [-0.4, -0.2) is 57.5 Å². The fourth-order valence-corrected chi connectivity index (χ4v) is 2.86. The van der Waals surface area contributed by atoms with E-state index in [0.717, 1.165) is 26.2 Å². The Balaban J connectivity index is 0.000000701. The van der Waals surface area contributed by atoms with Crippen molar-refractivity contribution in [3.8, 4) is 5.75 Å². The van der Waals surface area contributed by atoms with Gasteiger partial charge in [0.1, 0.15) is 24.2 Å². The Morgan fingerprint density at radius 1 is 1.32 bits per heavy atom. The third-order valence-electron chi connectivity index (χ3n) is 4.03. The van der Waals surface area contributed by atoms with Crippen molar-refractivity contribution in [3.05, 3.63) is 42.7 Å². The molecule has 1 aromatic carbocycles. The summed E-state index contributed by atoms with van der Waals surface area (Å²) >= 11 is 0. The molecule has 0 saturated carbocycles. The van der Waals surface area contributed by atoms with Gasteiger partial charge >= 0.3 is 0 Å². The molecule has 2 heterocycles. The summed E-state index contributed by atoms with van der Waals surface area (Å²) in [5, 5.41) is 14.5. The molecular formula is C17H23FN4O3. The van der Waals surface area contributed by atoms with Gasteiger partial charge in [-0.1, -0.05) is 6.07 Å². The van der Waals surface area contributed by atoms with E-state index in [0.29, 0.717) is 18.3 Å². The summed E-state index contributed by atoms with van der Waals surface area (Å²) in [6.45, 7) is 4.45. The minimum atomic E-state index is -0.253. The molecular weight excluding hydrogens is 327 g/mol. The lowest BCUT2D eigenvalue weighted by Gasteiger charge is -2.32. The minimum absolute atomic E-state index is 0.250. The molecule has 1 atom stereocenters. The number of carbonyl (C=O) groups is 1. The van der Waals surface area contributed by atoms with Crippen LogP contribution < -0.4 is 4.74 Å². The van der Waals surface area contributed by atoms with E-state index in [1.54, 1.807) is 24.8 Å². The Kier molecular flexibility index (Phi) is 7.84. The summed E-state index contributed by atoms with van der Waals surface area (Å²) in [6, 6.07) is 6.35. The van der Waals surface area contributed by atoms with Crippen LogP contribution in [-0.2, 0) is 11.3 Å². The fourth-order valence-electron chi connectivity index (χ4n) is 2.86. The molecule has 0 amide bonds. The molecule has 0 aliphatic carbocycles. The first kappa shape index (κ1) is 18.9. The van der Waals surface area contributed by atoms with Crippen LogP contribution in [0.2, 0.25) is 0 Å². The van der Waals surface area contributed by atoms with E-state index in [1.165, 1.54) is 25.0 Å². The molecule has 1 saturated heterocycles. The van der Waals surface area contributed by atoms with Crippen molar-refractivity contribution in [3.63, 3.8) is 0 Å². The van der Waals surface area contributed by atoms with Gasteiger partial charge in [0.25, 0.3) is 6.47 Å². The Bertz CT molecular complexity index is 624. The summed E-state index contributed by atoms with van der Waals surface area (Å²) in [5.41, 5.74) is 0. The molecule has 1 fully saturated rings. The molecule has 0 spiro atoms. The van der Waals surface area contributed by atoms with Crippen molar-refractivity contribution >= 4 is 6.47 Å². The molecule has 8 heteroatoms. The molecule has 1 aliphatic heterocycles. The third kappa shape index (κ3) is 6.88. The van der Waals surface area contributed by atoms with E-state index in [-0.39, 0.29) is 12.3 Å². The number of benzene rings is 1. The Morgan fingerprint density at radius 3 is 2.80 bits per heavy atom. The predicted octanol–water partition coefficient (Wildman–Crippen LogP) is 1.91. The molecule has 1 aliphatic rings. The summed E-state index contributed by atoms with van der Waals surface area (Å²) in [7, 11) is 0. The van der Waals surface area contributed by atoms with Crippen LogP contribution in [0.1, 0.15) is 12.8 Å². The standard InChI is InChI=1S/C16H21FN4O.CH2O2/c17-15-4-1-5-16(9-15)22-11-14-3-2-6-20(10-14)7-8-21-12-18-19-13-21;2-1-3/h1,4-5,9,12-14H,2-3,6-8,10-11H2;1H,(H,2,3). The predicted molar refractivity (Wildman–Crippen MR) is 89.8 cm³/mol. The average Bonchev–Trinajstić information content (AvgIpc) is 3.13. The second-order valence-electron chi connectivity index (χ2n) is 5.88. The van der Waals surface area contributed by atoms with E-state index < -0.39 is 0 Å². The maximum atomic E-state index is 13.1. The molecule has 2 aromatic rings. The fraction of sp³-hybridized carbons (Fsp3) is 0.471. The lowest BCUT2D eigenvalue weighted by Crippen LogP contribution is -2.39. The van der Waals surface area contributed by atoms with Crippen LogP contribution in [0.3, 0.4) is 0 Å². The van der Waals surface area contributed by atoms with E-state index in [9.17, 15) is 4.39 Å². The van der Waals surface area contributed by atoms with E-state index in [4.69, 9.17) is 14.6 Å². The second-order valence-corrected chi connectivity index (χ2v) is 5.88. The van der Waals surface area contributed by atoms with Gasteiger partial charge < -0.3 is 19.3 Å². The maximum Gasteiger partial charge on any atom is 0.290 e. The molecule has 25 heavy (non-hydrogen) atoms. The quantitative estimate of drug-likeness (QED) is 0.802. The number of likely N-dealkylation sites (tertiary alicyclic amines) is 1. The van der Waals surface area contributed by atoms with E-state index >= 15 is 0 Å². The zero-order valence-corrected chi connectivity index (χ0v) is 14.0. The number of piperidine rings is 1. The topological polar surface area (TPSA) is 80.5 Å². The number of hydrogen-bond donors (Lipinski definition) is 1. The lowest BCUT2D eigenvalue weighted by atomic mass is 9.99. The van der Waals surface area contributed by atoms with Gasteiger partial charge in [0.15, 0.2) is 0 Å². The van der Waals surface area contributed by atoms with Crippen molar-refractivity contribution in [1.82, 2.24) is 19.7 Å². The van der Waals surface area contributed by atoms with Crippen molar-refractivity contribution in [2.45, 2.75) is 19.4 Å². The lowest BCUT2D eigenvalue weighted by molar-refractivity contribution is -0.122. The number of carboxylic acid groups (broad SMARTS) is 1. The largest absolute Gasteiger partial charge is 0.493 e. The molecule has 1 unspecified atom stereocenters. The second kappa shape index (κ2) is 10.4. The van der Waals surface area contributed by atoms with Crippen LogP contribution in [0.25, 0.3) is 0 Å². The van der Waals surface area contributed by atoms with Crippen molar-refractivity contribution in [2.24, 2.45) is 5.92 Å². The Morgan fingerprint density at radius 2 is 2.08 bits per heavy atom. The third-order valence-corrected chi connectivity index (χ3v) is 4.03. The molecule has 0 bridgehead atoms. The van der Waals surface area contributed by atoms with Crippen molar-refractivity contribution < 1.29 is 19.0 Å². The first-order valence-corrected chi connectivity index (χ1v) is 8.22. The molecule has 1 N–H and O–H groups in total. The molecule has 136 valence electrons. The Hall–Kier alpha value is -2.48. The summed E-state index contributed by atoms with van der Waals surface area (Å²) in [4.78, 5) is 10.8. The van der Waals surface area contributed by atoms with Gasteiger partial charge in [-0.25, -0.2) is 4.39 Å². The van der Waals surface area contributed by atoms with Gasteiger partial charge in [-0.3, -0.25) is 4.79 Å². The van der Waals surface area contributed by atoms with Gasteiger partial charge in [0.05, 0.1) is 6.61 Å². The van der Waals surface area contributed by atoms with Gasteiger partial charge in [-0.15, -0.1) is 10.2 Å². The van der Waals surface area contributed by atoms with Crippen LogP contribution in [0.5, 0.6) is 5.75 Å². The van der Waals surface area contributed by atoms with Gasteiger partial charge in [-0.2, -0.15) is 0 Å². The van der Waals surface area contributed by atoms with Gasteiger partial charge in [0, 0.05) is 31.6 Å². The smallest absolute Gasteiger partial charge is 0.290 e. The van der Waals surface area contributed by atoms with Crippen molar-refractivity contribution in [2.75, 3.05) is 26.2 Å². The first-order valence-electron chi connectivity index (χ1n) is 8.22. The number of halogens is 1. The van der Waals surface area contributed by atoms with Crippen LogP contribution in [0.15, 0.2) is 36.9 Å². The molecule has 1 aromatic heterocycles. The first-order chi connectivity index (χ1) is 12.2. The molecule has 0 radical (unpaired) electrons. The van der Waals surface area contributed by atoms with Crippen LogP contribution >= 0.6 is 0 Å². The number of hydrogen-bond acceptors (Lipinski definition) is 5. The van der Waals surface area contributed by atoms with Crippen molar-refractivity contribution in [1.29, 1.82) is 0 Å². The van der Waals surface area contributed by atoms with Gasteiger partial charge in [-0.05, 0) is 31.5 Å². The SMILES string of the molecule is Fc1cccc(OCC2CCCN(CCn3cnnc3)C2)c1.O=CO. The highest BCUT2D eigenvalue weighted by Gasteiger charge is 2.20. The average molecular weight is 350 g/mol. The highest BCUT2D eigenvalue weighted by Crippen LogP contribution is 2.19. The van der Waals surface area contributed by atoms with E-state index in [2.05, 4.69) is 15.1 Å². The zero-order chi connectivity index (χ0) is 17.9. The number of aromatic nitrogens is 3. The van der Waals surface area contributed by atoms with Crippen LogP contribution in [0.4, 0.5) is 4.39 Å². The Labute approximate surface area is 146 Å². The summed E-state index contributed by atoms with van der Waals surface area (Å²) < 4.78 is 20.9. The molecule has 7 nitrogen and oxygen atoms in total. The number of ether oxygens (including phenoxy) is 1. The molecule has 3 rings (SSSR count). The normalized spacial score (nSPS) is 17.4. The number of rotatable bonds is 6.